The number of hydrogen-bond donors (Lipinski definition) is 2. The number of carbonyl (C=O) groups is 2. The summed E-state index contributed by atoms with van der Waals surface area (Å²) in [7, 11) is 0. The third kappa shape index (κ3) is 6.23. The quantitative estimate of drug-likeness (QED) is 0.321. The van der Waals surface area contributed by atoms with E-state index in [4.69, 9.17) is 5.11 Å². The van der Waals surface area contributed by atoms with Crippen molar-refractivity contribution in [2.45, 2.75) is 32.2 Å². The topological polar surface area (TPSA) is 92.2 Å². The minimum atomic E-state index is -0.846. The molecule has 0 radical (unpaired) electrons. The molecule has 35 heavy (non-hydrogen) atoms. The zero-order valence-electron chi connectivity index (χ0n) is 18.8. The minimum absolute atomic E-state index is 0.0762. The van der Waals surface area contributed by atoms with Crippen molar-refractivity contribution in [2.75, 3.05) is 0 Å². The molecule has 0 fully saturated rings. The Hall–Kier alpha value is -4.20. The van der Waals surface area contributed by atoms with Gasteiger partial charge in [0.25, 0.3) is 5.91 Å². The van der Waals surface area contributed by atoms with Crippen molar-refractivity contribution in [2.24, 2.45) is 0 Å². The second-order valence-electron chi connectivity index (χ2n) is 8.18. The number of nitrogens with one attached hydrogen (secondary N) is 1. The molecule has 0 unspecified atom stereocenters. The van der Waals surface area contributed by atoms with Gasteiger partial charge in [-0.1, -0.05) is 12.1 Å². The normalized spacial score (nSPS) is 10.9. The first-order valence-corrected chi connectivity index (χ1v) is 11.2. The van der Waals surface area contributed by atoms with Gasteiger partial charge in [-0.05, 0) is 78.9 Å². The van der Waals surface area contributed by atoms with Gasteiger partial charge in [0.15, 0.2) is 5.65 Å². The molecule has 6 nitrogen and oxygen atoms in total. The first-order valence-electron chi connectivity index (χ1n) is 11.2. The molecule has 0 bridgehead atoms. The summed E-state index contributed by atoms with van der Waals surface area (Å²) < 4.78 is 26.5. The van der Waals surface area contributed by atoms with Gasteiger partial charge in [-0.15, -0.1) is 0 Å². The van der Waals surface area contributed by atoms with Crippen molar-refractivity contribution in [1.29, 1.82) is 0 Å². The SMILES string of the molecule is O=C(O)CCCCc1cc2cc(C(=O)NCc3ccc(F)cc3)cnc2nc1-c1ccc(F)cc1. The molecule has 0 saturated carbocycles. The number of aliphatic carboxylic acids is 1. The average Bonchev–Trinajstić information content (AvgIpc) is 2.85. The van der Waals surface area contributed by atoms with Crippen molar-refractivity contribution in [3.63, 3.8) is 0 Å². The van der Waals surface area contributed by atoms with Gasteiger partial charge in [0.2, 0.25) is 0 Å². The number of halogens is 2. The van der Waals surface area contributed by atoms with Crippen LogP contribution in [0.3, 0.4) is 0 Å². The molecule has 4 rings (SSSR count). The van der Waals surface area contributed by atoms with Crippen LogP contribution in [0.1, 0.15) is 40.7 Å². The molecular weight excluding hydrogens is 452 g/mol. The van der Waals surface area contributed by atoms with Crippen molar-refractivity contribution < 1.29 is 23.5 Å². The first-order chi connectivity index (χ1) is 16.9. The van der Waals surface area contributed by atoms with Crippen LogP contribution in [0.4, 0.5) is 8.78 Å². The fraction of sp³-hybridized carbons (Fsp3) is 0.185. The van der Waals surface area contributed by atoms with E-state index in [1.807, 2.05) is 6.07 Å². The Morgan fingerprint density at radius 3 is 2.29 bits per heavy atom. The molecule has 0 aliphatic rings. The number of fused-ring (bicyclic) bond motifs is 1. The number of carbonyl (C=O) groups excluding carboxylic acids is 1. The van der Waals surface area contributed by atoms with Crippen LogP contribution in [0.5, 0.6) is 0 Å². The summed E-state index contributed by atoms with van der Waals surface area (Å²) in [4.78, 5) is 32.6. The Bertz CT molecular complexity index is 1360. The van der Waals surface area contributed by atoms with Crippen LogP contribution in [-0.4, -0.2) is 27.0 Å². The van der Waals surface area contributed by atoms with Crippen molar-refractivity contribution in [3.05, 3.63) is 95.2 Å². The van der Waals surface area contributed by atoms with Gasteiger partial charge in [0.05, 0.1) is 11.3 Å². The number of aromatic nitrogens is 2. The van der Waals surface area contributed by atoms with Gasteiger partial charge in [0.1, 0.15) is 11.6 Å². The largest absolute Gasteiger partial charge is 0.481 e. The van der Waals surface area contributed by atoms with E-state index in [1.54, 1.807) is 30.3 Å². The summed E-state index contributed by atoms with van der Waals surface area (Å²) in [5, 5.41) is 12.4. The standard InChI is InChI=1S/C27H23F2N3O3/c28-22-9-5-17(6-10-22)15-31-27(35)21-14-20-13-19(3-1-2-4-24(33)34)25(32-26(20)30-16-21)18-7-11-23(29)12-8-18/h5-14,16H,1-4,15H2,(H,31,35)(H,33,34). The molecule has 4 aromatic rings. The average molecular weight is 475 g/mol. The second-order valence-corrected chi connectivity index (χ2v) is 8.18. The lowest BCUT2D eigenvalue weighted by molar-refractivity contribution is -0.137. The lowest BCUT2D eigenvalue weighted by Crippen LogP contribution is -2.23. The predicted octanol–water partition coefficient (Wildman–Crippen LogP) is 5.30. The molecule has 0 atom stereocenters. The number of rotatable bonds is 9. The Morgan fingerprint density at radius 2 is 1.60 bits per heavy atom. The number of amides is 1. The van der Waals surface area contributed by atoms with Gasteiger partial charge >= 0.3 is 5.97 Å². The lowest BCUT2D eigenvalue weighted by Gasteiger charge is -2.12. The van der Waals surface area contributed by atoms with Gasteiger partial charge in [0, 0.05) is 30.1 Å². The monoisotopic (exact) mass is 475 g/mol. The van der Waals surface area contributed by atoms with E-state index in [2.05, 4.69) is 15.3 Å². The zero-order chi connectivity index (χ0) is 24.8. The maximum absolute atomic E-state index is 13.4. The summed E-state index contributed by atoms with van der Waals surface area (Å²) in [6.07, 6.45) is 3.24. The molecule has 2 heterocycles. The number of carboxylic acids is 1. The summed E-state index contributed by atoms with van der Waals surface area (Å²) in [6, 6.07) is 15.5. The maximum Gasteiger partial charge on any atom is 0.303 e. The van der Waals surface area contributed by atoms with E-state index in [-0.39, 0.29) is 30.5 Å². The molecule has 0 aliphatic carbocycles. The maximum atomic E-state index is 13.4. The molecule has 0 saturated heterocycles. The van der Waals surface area contributed by atoms with Crippen LogP contribution >= 0.6 is 0 Å². The van der Waals surface area contributed by atoms with Crippen LogP contribution in [0, 0.1) is 11.6 Å². The molecular formula is C27H23F2N3O3. The van der Waals surface area contributed by atoms with E-state index >= 15 is 0 Å². The number of benzene rings is 2. The van der Waals surface area contributed by atoms with Crippen molar-refractivity contribution >= 4 is 22.9 Å². The number of aryl methyl sites for hydroxylation is 1. The van der Waals surface area contributed by atoms with Gasteiger partial charge in [-0.2, -0.15) is 0 Å². The number of pyridine rings is 2. The first kappa shape index (κ1) is 23.9. The van der Waals surface area contributed by atoms with Crippen LogP contribution in [0.15, 0.2) is 66.9 Å². The Kier molecular flexibility index (Phi) is 7.40. The van der Waals surface area contributed by atoms with Crippen LogP contribution < -0.4 is 5.32 Å². The van der Waals surface area contributed by atoms with E-state index < -0.39 is 5.97 Å². The zero-order valence-corrected chi connectivity index (χ0v) is 18.8. The number of unbranched alkanes of at least 4 members (excludes halogenated alkanes) is 1. The van der Waals surface area contributed by atoms with E-state index in [9.17, 15) is 18.4 Å². The molecule has 1 amide bonds. The fourth-order valence-corrected chi connectivity index (χ4v) is 3.76. The van der Waals surface area contributed by atoms with Crippen LogP contribution in [0.25, 0.3) is 22.3 Å². The number of nitrogens with zero attached hydrogens (tertiary/aromatic N) is 2. The molecule has 2 aromatic carbocycles. The Balaban J connectivity index is 1.60. The highest BCUT2D eigenvalue weighted by Crippen LogP contribution is 2.27. The highest BCUT2D eigenvalue weighted by molar-refractivity contribution is 5.97. The highest BCUT2D eigenvalue weighted by atomic mass is 19.1. The molecule has 2 aromatic heterocycles. The third-order valence-corrected chi connectivity index (χ3v) is 5.58. The van der Waals surface area contributed by atoms with E-state index in [0.29, 0.717) is 41.6 Å². The molecule has 0 spiro atoms. The summed E-state index contributed by atoms with van der Waals surface area (Å²) in [5.74, 6) is -1.87. The minimum Gasteiger partial charge on any atom is -0.481 e. The smallest absolute Gasteiger partial charge is 0.303 e. The van der Waals surface area contributed by atoms with Crippen molar-refractivity contribution in [3.8, 4) is 11.3 Å². The second kappa shape index (κ2) is 10.8. The van der Waals surface area contributed by atoms with Crippen LogP contribution in [0.2, 0.25) is 0 Å². The van der Waals surface area contributed by atoms with Gasteiger partial charge in [-0.25, -0.2) is 18.7 Å². The molecule has 2 N–H and O–H groups in total. The third-order valence-electron chi connectivity index (χ3n) is 5.58. The highest BCUT2D eigenvalue weighted by Gasteiger charge is 2.13. The van der Waals surface area contributed by atoms with E-state index in [0.717, 1.165) is 16.7 Å². The predicted molar refractivity (Wildman–Crippen MR) is 128 cm³/mol. The summed E-state index contributed by atoms with van der Waals surface area (Å²) in [5.41, 5.74) is 3.79. The van der Waals surface area contributed by atoms with Crippen LogP contribution in [-0.2, 0) is 17.8 Å². The molecule has 178 valence electrons. The molecule has 0 aliphatic heterocycles. The Labute approximate surface area is 200 Å². The number of carboxylic acid groups (broad SMARTS) is 1. The Morgan fingerprint density at radius 1 is 0.914 bits per heavy atom. The molecule has 8 heteroatoms. The summed E-state index contributed by atoms with van der Waals surface area (Å²) in [6.45, 7) is 0.244. The fourth-order valence-electron chi connectivity index (χ4n) is 3.76. The number of hydrogen-bond acceptors (Lipinski definition) is 4. The van der Waals surface area contributed by atoms with E-state index in [1.165, 1.54) is 30.5 Å². The summed E-state index contributed by atoms with van der Waals surface area (Å²) >= 11 is 0. The lowest BCUT2D eigenvalue weighted by atomic mass is 9.99. The van der Waals surface area contributed by atoms with Crippen molar-refractivity contribution in [1.82, 2.24) is 15.3 Å². The van der Waals surface area contributed by atoms with Gasteiger partial charge in [-0.3, -0.25) is 9.59 Å². The van der Waals surface area contributed by atoms with Gasteiger partial charge < -0.3 is 10.4 Å².